The van der Waals surface area contributed by atoms with Crippen LogP contribution in [0.15, 0.2) is 35.3 Å². The van der Waals surface area contributed by atoms with E-state index < -0.39 is 12.2 Å². The number of unbranched alkanes of at least 4 members (excludes halogenated alkanes) is 6. The molecule has 0 radical (unpaired) electrons. The number of hydrogen-bond acceptors (Lipinski definition) is 5. The maximum Gasteiger partial charge on any atom is 0.325 e. The second-order valence-corrected chi connectivity index (χ2v) is 9.49. The minimum absolute atomic E-state index is 0.233. The zero-order valence-electron chi connectivity index (χ0n) is 18.9. The second-order valence-electron chi connectivity index (χ2n) is 8.43. The van der Waals surface area contributed by atoms with Gasteiger partial charge in [0.15, 0.2) is 17.4 Å². The van der Waals surface area contributed by atoms with Crippen molar-refractivity contribution in [1.82, 2.24) is 15.1 Å². The summed E-state index contributed by atoms with van der Waals surface area (Å²) in [6, 6.07) is 9.63. The van der Waals surface area contributed by atoms with Gasteiger partial charge in [-0.2, -0.15) is 0 Å². The number of nitrogens with zero attached hydrogens (tertiary/aromatic N) is 3. The van der Waals surface area contributed by atoms with Crippen LogP contribution >= 0.6 is 11.8 Å². The Hall–Kier alpha value is -2.02. The Balaban J connectivity index is 1.54. The predicted octanol–water partition coefficient (Wildman–Crippen LogP) is 4.65. The fourth-order valence-corrected chi connectivity index (χ4v) is 5.26. The van der Waals surface area contributed by atoms with Crippen LogP contribution in [-0.4, -0.2) is 58.5 Å². The molecule has 2 unspecified atom stereocenters. The van der Waals surface area contributed by atoms with E-state index in [0.717, 1.165) is 36.7 Å². The molecule has 1 aromatic rings. The van der Waals surface area contributed by atoms with Crippen LogP contribution in [0.3, 0.4) is 0 Å². The number of amides is 3. The first-order valence-corrected chi connectivity index (χ1v) is 12.7. The summed E-state index contributed by atoms with van der Waals surface area (Å²) in [5, 5.41) is 3.39. The monoisotopic (exact) mass is 444 g/mol. The summed E-state index contributed by atoms with van der Waals surface area (Å²) in [6.07, 6.45) is 10.4. The molecule has 0 saturated carbocycles. The summed E-state index contributed by atoms with van der Waals surface area (Å²) in [5.41, 5.74) is 1.30. The van der Waals surface area contributed by atoms with Crippen LogP contribution in [0.4, 0.5) is 4.79 Å². The summed E-state index contributed by atoms with van der Waals surface area (Å²) in [4.78, 5) is 33.2. The van der Waals surface area contributed by atoms with Crippen molar-refractivity contribution in [3.05, 3.63) is 35.9 Å². The van der Waals surface area contributed by atoms with Gasteiger partial charge < -0.3 is 9.80 Å². The van der Waals surface area contributed by atoms with E-state index in [2.05, 4.69) is 41.4 Å². The Morgan fingerprint density at radius 1 is 1.00 bits per heavy atom. The number of rotatable bonds is 12. The largest absolute Gasteiger partial charge is 0.336 e. The zero-order chi connectivity index (χ0) is 22.1. The molecular formula is C24H36N4O2S. The molecule has 1 fully saturated rings. The number of urea groups is 1. The van der Waals surface area contributed by atoms with Gasteiger partial charge in [0.1, 0.15) is 0 Å². The lowest BCUT2D eigenvalue weighted by Gasteiger charge is -2.36. The molecule has 1 saturated heterocycles. The van der Waals surface area contributed by atoms with Gasteiger partial charge in [0.05, 0.1) is 0 Å². The first kappa shape index (κ1) is 23.6. The molecule has 3 amide bonds. The fraction of sp³-hybridized carbons (Fsp3) is 0.625. The zero-order valence-corrected chi connectivity index (χ0v) is 19.7. The predicted molar refractivity (Wildman–Crippen MR) is 128 cm³/mol. The first-order chi connectivity index (χ1) is 15.1. The molecule has 0 aromatic heterocycles. The third kappa shape index (κ3) is 6.48. The maximum absolute atomic E-state index is 12.6. The van der Waals surface area contributed by atoms with Crippen LogP contribution in [0.2, 0.25) is 0 Å². The summed E-state index contributed by atoms with van der Waals surface area (Å²) < 4.78 is 0. The van der Waals surface area contributed by atoms with Crippen molar-refractivity contribution in [3.63, 3.8) is 0 Å². The van der Waals surface area contributed by atoms with Gasteiger partial charge in [-0.05, 0) is 24.8 Å². The van der Waals surface area contributed by atoms with Gasteiger partial charge in [-0.25, -0.2) is 9.79 Å². The molecule has 6 nitrogen and oxygen atoms in total. The van der Waals surface area contributed by atoms with Crippen LogP contribution < -0.4 is 5.32 Å². The SMILES string of the molecule is CCCCCCCCCSC1=NC2C(C(=O)NC(=O)N2C)N1CCCc1ccccc1. The van der Waals surface area contributed by atoms with Gasteiger partial charge in [0, 0.05) is 19.3 Å². The van der Waals surface area contributed by atoms with E-state index in [4.69, 9.17) is 4.99 Å². The number of imide groups is 1. The van der Waals surface area contributed by atoms with Gasteiger partial charge in [0.25, 0.3) is 5.91 Å². The molecule has 0 spiro atoms. The van der Waals surface area contributed by atoms with Crippen LogP contribution in [0, 0.1) is 0 Å². The van der Waals surface area contributed by atoms with Crippen LogP contribution in [-0.2, 0) is 11.2 Å². The van der Waals surface area contributed by atoms with Gasteiger partial charge >= 0.3 is 6.03 Å². The van der Waals surface area contributed by atoms with E-state index in [9.17, 15) is 9.59 Å². The van der Waals surface area contributed by atoms with E-state index in [1.165, 1.54) is 44.1 Å². The second kappa shape index (κ2) is 12.1. The lowest BCUT2D eigenvalue weighted by molar-refractivity contribution is -0.127. The maximum atomic E-state index is 12.6. The van der Waals surface area contributed by atoms with Crippen molar-refractivity contribution in [2.75, 3.05) is 19.3 Å². The summed E-state index contributed by atoms with van der Waals surface area (Å²) in [7, 11) is 1.72. The van der Waals surface area contributed by atoms with Crippen molar-refractivity contribution < 1.29 is 9.59 Å². The number of hydrogen-bond donors (Lipinski definition) is 1. The highest BCUT2D eigenvalue weighted by Gasteiger charge is 2.48. The minimum atomic E-state index is -0.422. The smallest absolute Gasteiger partial charge is 0.325 e. The lowest BCUT2D eigenvalue weighted by Crippen LogP contribution is -2.63. The molecule has 0 aliphatic carbocycles. The van der Waals surface area contributed by atoms with E-state index >= 15 is 0 Å². The van der Waals surface area contributed by atoms with Gasteiger partial charge in [0.2, 0.25) is 0 Å². The third-order valence-electron chi connectivity index (χ3n) is 6.01. The molecular weight excluding hydrogens is 408 g/mol. The van der Waals surface area contributed by atoms with Crippen LogP contribution in [0.1, 0.15) is 63.9 Å². The van der Waals surface area contributed by atoms with Crippen molar-refractivity contribution in [2.45, 2.75) is 76.9 Å². The number of carbonyl (C=O) groups is 2. The van der Waals surface area contributed by atoms with Gasteiger partial charge in [-0.15, -0.1) is 0 Å². The number of aliphatic imine (C=N–C) groups is 1. The average molecular weight is 445 g/mol. The molecule has 1 aromatic carbocycles. The number of carbonyl (C=O) groups excluding carboxylic acids is 2. The molecule has 7 heteroatoms. The van der Waals surface area contributed by atoms with E-state index in [1.54, 1.807) is 23.7 Å². The molecule has 170 valence electrons. The van der Waals surface area contributed by atoms with Crippen LogP contribution in [0.5, 0.6) is 0 Å². The van der Waals surface area contributed by atoms with Gasteiger partial charge in [-0.1, -0.05) is 87.5 Å². The highest BCUT2D eigenvalue weighted by atomic mass is 32.2. The first-order valence-electron chi connectivity index (χ1n) is 11.7. The molecule has 2 atom stereocenters. The number of amidine groups is 1. The Kier molecular flexibility index (Phi) is 9.25. The fourth-order valence-electron chi connectivity index (χ4n) is 4.18. The number of aryl methyl sites for hydroxylation is 1. The average Bonchev–Trinajstić information content (AvgIpc) is 3.14. The Morgan fingerprint density at radius 3 is 2.45 bits per heavy atom. The number of thioether (sulfide) groups is 1. The lowest BCUT2D eigenvalue weighted by atomic mass is 10.1. The number of nitrogens with one attached hydrogen (secondary N) is 1. The Morgan fingerprint density at radius 2 is 1.71 bits per heavy atom. The van der Waals surface area contributed by atoms with Crippen LogP contribution in [0.25, 0.3) is 0 Å². The molecule has 31 heavy (non-hydrogen) atoms. The third-order valence-corrected chi connectivity index (χ3v) is 7.10. The van der Waals surface area contributed by atoms with E-state index in [-0.39, 0.29) is 11.9 Å². The highest BCUT2D eigenvalue weighted by Crippen LogP contribution is 2.29. The van der Waals surface area contributed by atoms with E-state index in [0.29, 0.717) is 0 Å². The molecule has 2 aliphatic heterocycles. The molecule has 3 rings (SSSR count). The number of fused-ring (bicyclic) bond motifs is 1. The summed E-state index contributed by atoms with van der Waals surface area (Å²) in [6.45, 7) is 3.00. The molecule has 2 aliphatic rings. The number of likely N-dealkylation sites (N-methyl/N-ethyl adjacent to an activating group) is 1. The normalized spacial score (nSPS) is 20.6. The standard InChI is InChI=1S/C24H36N4O2S/c1-3-4-5-6-7-8-12-18-31-24-25-21-20(22(29)26-23(30)27(21)2)28(24)17-13-16-19-14-10-9-11-15-19/h9-11,14-15,20-21H,3-8,12-13,16-18H2,1-2H3,(H,26,29,30). The van der Waals surface area contributed by atoms with E-state index in [1.807, 2.05) is 6.07 Å². The topological polar surface area (TPSA) is 65.0 Å². The Bertz CT molecular complexity index is 755. The number of benzene rings is 1. The van der Waals surface area contributed by atoms with Crippen molar-refractivity contribution in [2.24, 2.45) is 4.99 Å². The summed E-state index contributed by atoms with van der Waals surface area (Å²) in [5.74, 6) is 0.767. The summed E-state index contributed by atoms with van der Waals surface area (Å²) >= 11 is 1.74. The van der Waals surface area contributed by atoms with Crippen molar-refractivity contribution in [3.8, 4) is 0 Å². The van der Waals surface area contributed by atoms with Gasteiger partial charge in [-0.3, -0.25) is 10.1 Å². The Labute approximate surface area is 190 Å². The quantitative estimate of drug-likeness (QED) is 0.477. The van der Waals surface area contributed by atoms with Crippen molar-refractivity contribution in [1.29, 1.82) is 0 Å². The highest BCUT2D eigenvalue weighted by molar-refractivity contribution is 8.13. The molecule has 0 bridgehead atoms. The van der Waals surface area contributed by atoms with Crippen molar-refractivity contribution >= 4 is 28.9 Å². The molecule has 2 heterocycles. The molecule has 1 N–H and O–H groups in total. The minimum Gasteiger partial charge on any atom is -0.336 e.